The molecule has 0 bridgehead atoms. The quantitative estimate of drug-likeness (QED) is 0.345. The monoisotopic (exact) mass is 488 g/mol. The Kier molecular flexibility index (Phi) is 8.15. The van der Waals surface area contributed by atoms with Crippen LogP contribution in [0.4, 0.5) is 5.00 Å². The van der Waals surface area contributed by atoms with Gasteiger partial charge in [0.1, 0.15) is 17.4 Å². The maximum Gasteiger partial charge on any atom is 0.341 e. The number of hydrogen-bond donors (Lipinski definition) is 1. The van der Waals surface area contributed by atoms with Crippen molar-refractivity contribution in [3.05, 3.63) is 51.2 Å². The predicted molar refractivity (Wildman–Crippen MR) is 130 cm³/mol. The number of nitrogens with one attached hydrogen (secondary N) is 1. The van der Waals surface area contributed by atoms with Crippen LogP contribution in [0.1, 0.15) is 44.7 Å². The minimum Gasteiger partial charge on any atom is -0.485 e. The van der Waals surface area contributed by atoms with Crippen LogP contribution < -0.4 is 10.1 Å². The molecule has 0 unspecified atom stereocenters. The number of aryl methyl sites for hydroxylation is 3. The van der Waals surface area contributed by atoms with E-state index in [9.17, 15) is 9.59 Å². The molecule has 1 N–H and O–H groups in total. The second-order valence-corrected chi connectivity index (χ2v) is 9.68. The van der Waals surface area contributed by atoms with Crippen LogP contribution in [0.25, 0.3) is 0 Å². The van der Waals surface area contributed by atoms with Crippen molar-refractivity contribution in [3.63, 3.8) is 0 Å². The number of thiophene rings is 1. The summed E-state index contributed by atoms with van der Waals surface area (Å²) in [5.41, 5.74) is 3.46. The molecule has 2 heterocycles. The lowest BCUT2D eigenvalue weighted by atomic mass is 10.1. The predicted octanol–water partition coefficient (Wildman–Crippen LogP) is 4.69. The number of carbonyl (C=O) groups excluding carboxylic acids is 2. The highest BCUT2D eigenvalue weighted by Gasteiger charge is 2.22. The van der Waals surface area contributed by atoms with Gasteiger partial charge in [0.25, 0.3) is 0 Å². The molecule has 0 aliphatic rings. The fourth-order valence-electron chi connectivity index (χ4n) is 3.31. The molecule has 33 heavy (non-hydrogen) atoms. The molecule has 0 aliphatic carbocycles. The lowest BCUT2D eigenvalue weighted by molar-refractivity contribution is -0.113. The van der Waals surface area contributed by atoms with E-state index in [-0.39, 0.29) is 18.3 Å². The van der Waals surface area contributed by atoms with E-state index >= 15 is 0 Å². The van der Waals surface area contributed by atoms with Gasteiger partial charge in [-0.25, -0.2) is 4.79 Å². The van der Waals surface area contributed by atoms with E-state index in [0.717, 1.165) is 21.8 Å². The van der Waals surface area contributed by atoms with E-state index < -0.39 is 5.97 Å². The van der Waals surface area contributed by atoms with Gasteiger partial charge in [0, 0.05) is 11.4 Å². The Morgan fingerprint density at radius 3 is 2.61 bits per heavy atom. The van der Waals surface area contributed by atoms with Crippen molar-refractivity contribution >= 4 is 40.0 Å². The van der Waals surface area contributed by atoms with Gasteiger partial charge in [-0.05, 0) is 51.8 Å². The summed E-state index contributed by atoms with van der Waals surface area (Å²) < 4.78 is 12.7. The van der Waals surface area contributed by atoms with Crippen LogP contribution in [0.15, 0.2) is 23.4 Å². The van der Waals surface area contributed by atoms with Crippen molar-refractivity contribution in [1.82, 2.24) is 14.8 Å². The van der Waals surface area contributed by atoms with E-state index in [1.54, 1.807) is 0 Å². The zero-order valence-electron chi connectivity index (χ0n) is 19.6. The Balaban J connectivity index is 1.64. The van der Waals surface area contributed by atoms with Crippen LogP contribution in [0.5, 0.6) is 5.75 Å². The molecule has 10 heteroatoms. The van der Waals surface area contributed by atoms with Crippen LogP contribution in [-0.4, -0.2) is 39.5 Å². The molecule has 0 fully saturated rings. The average molecular weight is 489 g/mol. The Labute approximate surface area is 201 Å². The van der Waals surface area contributed by atoms with Crippen LogP contribution in [0.2, 0.25) is 0 Å². The zero-order valence-corrected chi connectivity index (χ0v) is 21.3. The summed E-state index contributed by atoms with van der Waals surface area (Å²) in [6.45, 7) is 10.7. The average Bonchev–Trinajstić information content (AvgIpc) is 3.30. The first-order valence-electron chi connectivity index (χ1n) is 10.5. The first kappa shape index (κ1) is 24.8. The fraction of sp³-hybridized carbons (Fsp3) is 0.391. The SMILES string of the molecule is CCn1c(COc2ccc(C)cc2C)nnc1SCC(=O)Nc1sc(C)c(C)c1C(=O)OC. The molecular weight excluding hydrogens is 460 g/mol. The van der Waals surface area contributed by atoms with E-state index in [0.29, 0.717) is 28.1 Å². The summed E-state index contributed by atoms with van der Waals surface area (Å²) in [7, 11) is 1.33. The number of methoxy groups -OCH3 is 1. The highest BCUT2D eigenvalue weighted by molar-refractivity contribution is 7.99. The summed E-state index contributed by atoms with van der Waals surface area (Å²) in [5, 5.41) is 12.5. The molecule has 8 nitrogen and oxygen atoms in total. The molecule has 3 aromatic rings. The fourth-order valence-corrected chi connectivity index (χ4v) is 5.20. The standard InChI is InChI=1S/C23H28N4O4S2/c1-7-27-18(11-31-17-9-8-13(2)10-14(17)3)25-26-23(27)32-12-19(28)24-21-20(22(29)30-6)15(4)16(5)33-21/h8-10H,7,11-12H2,1-6H3,(H,24,28). The van der Waals surface area contributed by atoms with Crippen molar-refractivity contribution in [2.45, 2.75) is 52.9 Å². The number of carbonyl (C=O) groups is 2. The van der Waals surface area contributed by atoms with Crippen LogP contribution in [-0.2, 0) is 22.7 Å². The highest BCUT2D eigenvalue weighted by Crippen LogP contribution is 2.33. The van der Waals surface area contributed by atoms with Gasteiger partial charge in [-0.1, -0.05) is 29.5 Å². The maximum absolute atomic E-state index is 12.6. The van der Waals surface area contributed by atoms with Crippen LogP contribution >= 0.6 is 23.1 Å². The Hall–Kier alpha value is -2.85. The molecule has 0 saturated carbocycles. The number of thioether (sulfide) groups is 1. The van der Waals surface area contributed by atoms with Crippen LogP contribution in [0, 0.1) is 27.7 Å². The third-order valence-corrected chi connectivity index (χ3v) is 7.25. The van der Waals surface area contributed by atoms with Gasteiger partial charge in [0.15, 0.2) is 11.0 Å². The van der Waals surface area contributed by atoms with Gasteiger partial charge in [-0.2, -0.15) is 0 Å². The molecule has 176 valence electrons. The van der Waals surface area contributed by atoms with Gasteiger partial charge in [0.2, 0.25) is 5.91 Å². The molecule has 0 atom stereocenters. The van der Waals surface area contributed by atoms with E-state index in [1.165, 1.54) is 35.8 Å². The van der Waals surface area contributed by atoms with Gasteiger partial charge in [0.05, 0.1) is 18.4 Å². The number of esters is 1. The lowest BCUT2D eigenvalue weighted by Gasteiger charge is -2.11. The van der Waals surface area contributed by atoms with Gasteiger partial charge in [-0.3, -0.25) is 4.79 Å². The van der Waals surface area contributed by atoms with Crippen molar-refractivity contribution in [2.24, 2.45) is 0 Å². The number of benzene rings is 1. The normalized spacial score (nSPS) is 10.8. The minimum absolute atomic E-state index is 0.132. The summed E-state index contributed by atoms with van der Waals surface area (Å²) in [4.78, 5) is 25.7. The zero-order chi connectivity index (χ0) is 24.1. The van der Waals surface area contributed by atoms with Crippen molar-refractivity contribution < 1.29 is 19.1 Å². The number of hydrogen-bond acceptors (Lipinski definition) is 8. The molecule has 0 spiro atoms. The van der Waals surface area contributed by atoms with E-state index in [2.05, 4.69) is 21.6 Å². The second-order valence-electron chi connectivity index (χ2n) is 7.52. The summed E-state index contributed by atoms with van der Waals surface area (Å²) in [6, 6.07) is 6.03. The molecule has 0 aliphatic heterocycles. The number of nitrogens with zero attached hydrogens (tertiary/aromatic N) is 3. The van der Waals surface area contributed by atoms with Crippen molar-refractivity contribution in [2.75, 3.05) is 18.2 Å². The Morgan fingerprint density at radius 1 is 1.18 bits per heavy atom. The third-order valence-electron chi connectivity index (χ3n) is 5.16. The molecule has 3 rings (SSSR count). The first-order chi connectivity index (χ1) is 15.7. The number of amides is 1. The topological polar surface area (TPSA) is 95.3 Å². The number of ether oxygens (including phenoxy) is 2. The van der Waals surface area contributed by atoms with Gasteiger partial charge < -0.3 is 19.4 Å². The van der Waals surface area contributed by atoms with Gasteiger partial charge >= 0.3 is 5.97 Å². The highest BCUT2D eigenvalue weighted by atomic mass is 32.2. The van der Waals surface area contributed by atoms with E-state index in [1.807, 2.05) is 51.3 Å². The molecule has 1 aromatic carbocycles. The van der Waals surface area contributed by atoms with Crippen molar-refractivity contribution in [1.29, 1.82) is 0 Å². The molecule has 0 radical (unpaired) electrons. The lowest BCUT2D eigenvalue weighted by Crippen LogP contribution is -2.16. The number of anilines is 1. The van der Waals surface area contributed by atoms with Crippen LogP contribution in [0.3, 0.4) is 0 Å². The second kappa shape index (κ2) is 10.8. The molecule has 1 amide bonds. The van der Waals surface area contributed by atoms with Crippen molar-refractivity contribution in [3.8, 4) is 5.75 Å². The minimum atomic E-state index is -0.459. The Bertz CT molecular complexity index is 1170. The smallest absolute Gasteiger partial charge is 0.341 e. The largest absolute Gasteiger partial charge is 0.485 e. The first-order valence-corrected chi connectivity index (χ1v) is 12.3. The van der Waals surface area contributed by atoms with E-state index in [4.69, 9.17) is 9.47 Å². The molecule has 2 aromatic heterocycles. The molecular formula is C23H28N4O4S2. The Morgan fingerprint density at radius 2 is 1.94 bits per heavy atom. The third kappa shape index (κ3) is 5.75. The van der Waals surface area contributed by atoms with Gasteiger partial charge in [-0.15, -0.1) is 21.5 Å². The number of aromatic nitrogens is 3. The summed E-state index contributed by atoms with van der Waals surface area (Å²) in [6.07, 6.45) is 0. The summed E-state index contributed by atoms with van der Waals surface area (Å²) >= 11 is 2.65. The summed E-state index contributed by atoms with van der Waals surface area (Å²) in [5.74, 6) is 0.942. The number of rotatable bonds is 9. The maximum atomic E-state index is 12.6. The molecule has 0 saturated heterocycles.